The molecule has 1 aromatic rings. The zero-order chi connectivity index (χ0) is 12.3. The van der Waals surface area contributed by atoms with Crippen molar-refractivity contribution >= 4 is 0 Å². The van der Waals surface area contributed by atoms with Gasteiger partial charge in [0.1, 0.15) is 0 Å². The fraction of sp³-hybridized carbons (Fsp3) is 0.769. The normalized spacial score (nSPS) is 14.4. The van der Waals surface area contributed by atoms with Crippen LogP contribution >= 0.6 is 0 Å². The number of rotatable bonds is 5. The molecule has 0 spiro atoms. The Kier molecular flexibility index (Phi) is 4.14. The van der Waals surface area contributed by atoms with E-state index in [0.29, 0.717) is 11.3 Å². The number of hydrogen-bond donors (Lipinski definition) is 1. The SMILES string of the molecule is CCC(C)(C)Cn1cncc1C(N)C(C)C. The molecule has 1 atom stereocenters. The highest BCUT2D eigenvalue weighted by Crippen LogP contribution is 2.25. The molecule has 1 heterocycles. The van der Waals surface area contributed by atoms with Crippen LogP contribution in [0.25, 0.3) is 0 Å². The van der Waals surface area contributed by atoms with Crippen molar-refractivity contribution in [3.63, 3.8) is 0 Å². The summed E-state index contributed by atoms with van der Waals surface area (Å²) in [6, 6.07) is 0.0788. The van der Waals surface area contributed by atoms with Gasteiger partial charge in [0.15, 0.2) is 0 Å². The Balaban J connectivity index is 2.86. The molecule has 0 aliphatic rings. The van der Waals surface area contributed by atoms with Gasteiger partial charge in [-0.05, 0) is 17.8 Å². The summed E-state index contributed by atoms with van der Waals surface area (Å²) in [4.78, 5) is 4.23. The Labute approximate surface area is 99.1 Å². The van der Waals surface area contributed by atoms with E-state index >= 15 is 0 Å². The second kappa shape index (κ2) is 5.00. The van der Waals surface area contributed by atoms with Gasteiger partial charge in [-0.1, -0.05) is 34.6 Å². The van der Waals surface area contributed by atoms with Crippen LogP contribution in [0.1, 0.15) is 52.8 Å². The minimum absolute atomic E-state index is 0.0788. The maximum Gasteiger partial charge on any atom is 0.0948 e. The minimum Gasteiger partial charge on any atom is -0.333 e. The fourth-order valence-corrected chi connectivity index (χ4v) is 1.66. The molecule has 0 bridgehead atoms. The van der Waals surface area contributed by atoms with Gasteiger partial charge in [0.25, 0.3) is 0 Å². The van der Waals surface area contributed by atoms with Crippen molar-refractivity contribution < 1.29 is 0 Å². The van der Waals surface area contributed by atoms with Crippen molar-refractivity contribution in [2.24, 2.45) is 17.1 Å². The molecular formula is C13H25N3. The Morgan fingerprint density at radius 1 is 1.44 bits per heavy atom. The van der Waals surface area contributed by atoms with Crippen LogP contribution in [-0.4, -0.2) is 9.55 Å². The topological polar surface area (TPSA) is 43.8 Å². The summed E-state index contributed by atoms with van der Waals surface area (Å²) in [7, 11) is 0. The van der Waals surface area contributed by atoms with E-state index in [2.05, 4.69) is 44.2 Å². The monoisotopic (exact) mass is 223 g/mol. The lowest BCUT2D eigenvalue weighted by atomic mass is 9.90. The van der Waals surface area contributed by atoms with Gasteiger partial charge in [-0.25, -0.2) is 4.98 Å². The second-order valence-corrected chi connectivity index (χ2v) is 5.73. The summed E-state index contributed by atoms with van der Waals surface area (Å²) in [6.07, 6.45) is 4.95. The van der Waals surface area contributed by atoms with Crippen molar-refractivity contribution in [1.29, 1.82) is 0 Å². The molecular weight excluding hydrogens is 198 g/mol. The highest BCUT2D eigenvalue weighted by Gasteiger charge is 2.20. The Bertz CT molecular complexity index is 326. The van der Waals surface area contributed by atoms with E-state index < -0.39 is 0 Å². The number of nitrogens with two attached hydrogens (primary N) is 1. The molecule has 0 amide bonds. The molecule has 0 fully saturated rings. The van der Waals surface area contributed by atoms with Crippen LogP contribution in [-0.2, 0) is 6.54 Å². The van der Waals surface area contributed by atoms with Crippen molar-refractivity contribution in [2.75, 3.05) is 0 Å². The molecule has 0 aromatic carbocycles. The van der Waals surface area contributed by atoms with Gasteiger partial charge in [-0.3, -0.25) is 0 Å². The molecule has 3 heteroatoms. The first-order chi connectivity index (χ1) is 7.37. The zero-order valence-electron chi connectivity index (χ0n) is 11.2. The quantitative estimate of drug-likeness (QED) is 0.834. The minimum atomic E-state index is 0.0788. The summed E-state index contributed by atoms with van der Waals surface area (Å²) < 4.78 is 2.20. The third-order valence-electron chi connectivity index (χ3n) is 3.36. The van der Waals surface area contributed by atoms with Gasteiger partial charge in [0.05, 0.1) is 12.0 Å². The summed E-state index contributed by atoms with van der Waals surface area (Å²) in [5.41, 5.74) is 7.63. The van der Waals surface area contributed by atoms with Gasteiger partial charge < -0.3 is 10.3 Å². The average Bonchev–Trinajstić information content (AvgIpc) is 2.64. The highest BCUT2D eigenvalue weighted by molar-refractivity contribution is 5.06. The van der Waals surface area contributed by atoms with Crippen LogP contribution < -0.4 is 5.73 Å². The first kappa shape index (κ1) is 13.2. The summed E-state index contributed by atoms with van der Waals surface area (Å²) >= 11 is 0. The van der Waals surface area contributed by atoms with Crippen LogP contribution in [0.4, 0.5) is 0 Å². The van der Waals surface area contributed by atoms with Crippen LogP contribution in [0.3, 0.4) is 0 Å². The Morgan fingerprint density at radius 3 is 2.56 bits per heavy atom. The number of imidazole rings is 1. The van der Waals surface area contributed by atoms with Crippen LogP contribution in [0.2, 0.25) is 0 Å². The predicted molar refractivity (Wildman–Crippen MR) is 68.1 cm³/mol. The Morgan fingerprint density at radius 2 is 2.06 bits per heavy atom. The van der Waals surface area contributed by atoms with E-state index in [4.69, 9.17) is 5.73 Å². The molecule has 1 rings (SSSR count). The molecule has 0 aliphatic carbocycles. The van der Waals surface area contributed by atoms with E-state index in [-0.39, 0.29) is 6.04 Å². The van der Waals surface area contributed by atoms with Crippen molar-refractivity contribution in [2.45, 2.75) is 53.6 Å². The first-order valence-electron chi connectivity index (χ1n) is 6.13. The van der Waals surface area contributed by atoms with Crippen molar-refractivity contribution in [3.8, 4) is 0 Å². The summed E-state index contributed by atoms with van der Waals surface area (Å²) in [5, 5.41) is 0. The summed E-state index contributed by atoms with van der Waals surface area (Å²) in [6.45, 7) is 12.0. The molecule has 0 radical (unpaired) electrons. The lowest BCUT2D eigenvalue weighted by Gasteiger charge is -2.26. The fourth-order valence-electron chi connectivity index (χ4n) is 1.66. The van der Waals surface area contributed by atoms with Crippen LogP contribution in [0.5, 0.6) is 0 Å². The van der Waals surface area contributed by atoms with Crippen LogP contribution in [0.15, 0.2) is 12.5 Å². The Hall–Kier alpha value is -0.830. The third kappa shape index (κ3) is 3.08. The highest BCUT2D eigenvalue weighted by atomic mass is 15.1. The maximum atomic E-state index is 6.18. The maximum absolute atomic E-state index is 6.18. The van der Waals surface area contributed by atoms with Gasteiger partial charge in [-0.15, -0.1) is 0 Å². The zero-order valence-corrected chi connectivity index (χ0v) is 11.2. The molecule has 16 heavy (non-hydrogen) atoms. The smallest absolute Gasteiger partial charge is 0.0948 e. The number of hydrogen-bond acceptors (Lipinski definition) is 2. The summed E-state index contributed by atoms with van der Waals surface area (Å²) in [5.74, 6) is 0.445. The largest absolute Gasteiger partial charge is 0.333 e. The van der Waals surface area contributed by atoms with Gasteiger partial charge in [0.2, 0.25) is 0 Å². The van der Waals surface area contributed by atoms with E-state index in [1.165, 1.54) is 0 Å². The average molecular weight is 223 g/mol. The van der Waals surface area contributed by atoms with Gasteiger partial charge in [-0.2, -0.15) is 0 Å². The molecule has 1 unspecified atom stereocenters. The standard InChI is InChI=1S/C13H25N3/c1-6-13(4,5)8-16-9-15-7-11(16)12(14)10(2)3/h7,9-10,12H,6,8,14H2,1-5H3. The first-order valence-corrected chi connectivity index (χ1v) is 6.13. The molecule has 1 aromatic heterocycles. The molecule has 92 valence electrons. The van der Waals surface area contributed by atoms with Crippen molar-refractivity contribution in [3.05, 3.63) is 18.2 Å². The molecule has 0 saturated heterocycles. The number of nitrogens with zero attached hydrogens (tertiary/aromatic N) is 2. The molecule has 2 N–H and O–H groups in total. The van der Waals surface area contributed by atoms with E-state index in [1.54, 1.807) is 0 Å². The van der Waals surface area contributed by atoms with E-state index in [1.807, 2.05) is 12.5 Å². The molecule has 0 saturated carbocycles. The molecule has 3 nitrogen and oxygen atoms in total. The van der Waals surface area contributed by atoms with Gasteiger partial charge in [0, 0.05) is 18.8 Å². The van der Waals surface area contributed by atoms with Crippen molar-refractivity contribution in [1.82, 2.24) is 9.55 Å². The lowest BCUT2D eigenvalue weighted by Crippen LogP contribution is -2.25. The van der Waals surface area contributed by atoms with E-state index in [0.717, 1.165) is 18.7 Å². The molecule has 0 aliphatic heterocycles. The van der Waals surface area contributed by atoms with E-state index in [9.17, 15) is 0 Å². The predicted octanol–water partition coefficient (Wildman–Crippen LogP) is 2.98. The van der Waals surface area contributed by atoms with Gasteiger partial charge >= 0.3 is 0 Å². The lowest BCUT2D eigenvalue weighted by molar-refractivity contribution is 0.285. The third-order valence-corrected chi connectivity index (χ3v) is 3.36. The number of aromatic nitrogens is 2. The second-order valence-electron chi connectivity index (χ2n) is 5.73. The van der Waals surface area contributed by atoms with Crippen LogP contribution in [0, 0.1) is 11.3 Å².